The van der Waals surface area contributed by atoms with E-state index in [0.717, 1.165) is 24.0 Å². The van der Waals surface area contributed by atoms with Crippen LogP contribution in [0.15, 0.2) is 109 Å². The third-order valence-electron chi connectivity index (χ3n) is 7.96. The van der Waals surface area contributed by atoms with E-state index in [0.29, 0.717) is 29.7 Å². The number of nitrogens with one attached hydrogen (secondary N) is 2. The predicted octanol–water partition coefficient (Wildman–Crippen LogP) is 6.05. The predicted molar refractivity (Wildman–Crippen MR) is 168 cm³/mol. The van der Waals surface area contributed by atoms with Gasteiger partial charge >= 0.3 is 6.36 Å². The lowest BCUT2D eigenvalue weighted by atomic mass is 10.00. The van der Waals surface area contributed by atoms with Crippen LogP contribution in [0.25, 0.3) is 0 Å². The third-order valence-corrected chi connectivity index (χ3v) is 7.96. The molecule has 3 atom stereocenters. The van der Waals surface area contributed by atoms with E-state index in [1.165, 1.54) is 18.2 Å². The van der Waals surface area contributed by atoms with E-state index in [4.69, 9.17) is 0 Å². The van der Waals surface area contributed by atoms with Gasteiger partial charge in [-0.1, -0.05) is 78.9 Å². The summed E-state index contributed by atoms with van der Waals surface area (Å²) >= 11 is 0. The number of aliphatic hydroxyl groups excluding tert-OH is 1. The first-order valence-corrected chi connectivity index (χ1v) is 15.2. The van der Waals surface area contributed by atoms with E-state index >= 15 is 0 Å². The van der Waals surface area contributed by atoms with Gasteiger partial charge in [0.2, 0.25) is 0 Å². The number of benzene rings is 4. The average Bonchev–Trinajstić information content (AvgIpc) is 3.55. The summed E-state index contributed by atoms with van der Waals surface area (Å²) in [5.74, 6) is -0.911. The molecule has 0 saturated carbocycles. The molecule has 3 N–H and O–H groups in total. The summed E-state index contributed by atoms with van der Waals surface area (Å²) in [5.41, 5.74) is 3.21. The van der Waals surface area contributed by atoms with Crippen LogP contribution in [-0.4, -0.2) is 53.4 Å². The second-order valence-corrected chi connectivity index (χ2v) is 11.3. The molecule has 46 heavy (non-hydrogen) atoms. The Labute approximate surface area is 266 Å². The molecule has 2 amide bonds. The molecular formula is C36H36F3N3O4. The molecule has 1 saturated heterocycles. The zero-order valence-corrected chi connectivity index (χ0v) is 25.1. The molecule has 0 bridgehead atoms. The number of ether oxygens (including phenoxy) is 1. The Hall–Kier alpha value is -4.67. The van der Waals surface area contributed by atoms with Crippen LogP contribution < -0.4 is 15.4 Å². The average molecular weight is 632 g/mol. The second-order valence-electron chi connectivity index (χ2n) is 11.3. The normalized spacial score (nSPS) is 16.1. The summed E-state index contributed by atoms with van der Waals surface area (Å²) in [6, 6.07) is 30.7. The van der Waals surface area contributed by atoms with Gasteiger partial charge < -0.3 is 25.4 Å². The van der Waals surface area contributed by atoms with E-state index in [1.54, 1.807) is 30.3 Å². The van der Waals surface area contributed by atoms with Gasteiger partial charge in [-0.3, -0.25) is 9.59 Å². The maximum atomic E-state index is 13.6. The van der Waals surface area contributed by atoms with Gasteiger partial charge in [0.05, 0.1) is 18.2 Å². The van der Waals surface area contributed by atoms with Crippen LogP contribution in [0.2, 0.25) is 0 Å². The molecule has 5 rings (SSSR count). The van der Waals surface area contributed by atoms with E-state index in [1.807, 2.05) is 65.6 Å². The third kappa shape index (κ3) is 8.95. The van der Waals surface area contributed by atoms with E-state index in [-0.39, 0.29) is 30.8 Å². The molecule has 4 aromatic carbocycles. The minimum atomic E-state index is -4.79. The first kappa shape index (κ1) is 32.7. The van der Waals surface area contributed by atoms with Gasteiger partial charge in [-0.25, -0.2) is 0 Å². The zero-order chi connectivity index (χ0) is 32.5. The summed E-state index contributed by atoms with van der Waals surface area (Å²) in [6.45, 7) is 0.853. The van der Waals surface area contributed by atoms with Crippen molar-refractivity contribution < 1.29 is 32.6 Å². The summed E-state index contributed by atoms with van der Waals surface area (Å²) in [4.78, 5) is 28.9. The molecule has 7 nitrogen and oxygen atoms in total. The fourth-order valence-electron chi connectivity index (χ4n) is 5.75. The number of aliphatic hydroxyl groups is 1. The molecule has 240 valence electrons. The molecule has 3 unspecified atom stereocenters. The minimum Gasteiger partial charge on any atom is -0.406 e. The first-order chi connectivity index (χ1) is 22.2. The lowest BCUT2D eigenvalue weighted by molar-refractivity contribution is -0.274. The lowest BCUT2D eigenvalue weighted by Gasteiger charge is -2.26. The molecule has 10 heteroatoms. The highest BCUT2D eigenvalue weighted by atomic mass is 19.4. The van der Waals surface area contributed by atoms with Crippen molar-refractivity contribution in [2.45, 2.75) is 50.4 Å². The number of carbonyl (C=O) groups is 2. The maximum Gasteiger partial charge on any atom is 0.573 e. The smallest absolute Gasteiger partial charge is 0.406 e. The number of halogens is 3. The number of alkyl halides is 3. The van der Waals surface area contributed by atoms with E-state index < -0.39 is 24.4 Å². The van der Waals surface area contributed by atoms with Crippen LogP contribution in [0.5, 0.6) is 5.75 Å². The summed E-state index contributed by atoms with van der Waals surface area (Å²) in [5, 5.41) is 17.2. The molecule has 1 heterocycles. The largest absolute Gasteiger partial charge is 0.573 e. The first-order valence-electron chi connectivity index (χ1n) is 15.2. The number of carbonyl (C=O) groups excluding carboxylic acids is 2. The number of rotatable bonds is 12. The number of hydrogen-bond acceptors (Lipinski definition) is 5. The minimum absolute atomic E-state index is 0.0243. The van der Waals surface area contributed by atoms with Crippen LogP contribution in [0.4, 0.5) is 13.2 Å². The van der Waals surface area contributed by atoms with Gasteiger partial charge in [0.25, 0.3) is 11.8 Å². The highest BCUT2D eigenvalue weighted by Crippen LogP contribution is 2.33. The van der Waals surface area contributed by atoms with Crippen molar-refractivity contribution in [2.75, 3.05) is 13.1 Å². The molecule has 1 aliphatic rings. The standard InChI is InChI=1S/C36H36F3N3O4/c37-36(38,39)46-30-17-7-12-26(20-30)23-40-24-33(43)31(21-25-10-3-1-4-11-25)41-34(44)28-15-8-16-29(22-28)35(45)42-19-9-18-32(42)27-13-5-2-6-14-27/h1-8,10-17,20,22,31-33,40,43H,9,18-19,21,23-24H2,(H,41,44). The van der Waals surface area contributed by atoms with Gasteiger partial charge in [-0.2, -0.15) is 0 Å². The molecule has 0 radical (unpaired) electrons. The Balaban J connectivity index is 1.25. The zero-order valence-electron chi connectivity index (χ0n) is 25.1. The fourth-order valence-corrected chi connectivity index (χ4v) is 5.75. The number of likely N-dealkylation sites (tertiary alicyclic amines) is 1. The van der Waals surface area contributed by atoms with Crippen molar-refractivity contribution in [3.63, 3.8) is 0 Å². The van der Waals surface area contributed by atoms with E-state index in [9.17, 15) is 27.9 Å². The van der Waals surface area contributed by atoms with Crippen LogP contribution in [-0.2, 0) is 13.0 Å². The van der Waals surface area contributed by atoms with Crippen LogP contribution in [0.3, 0.4) is 0 Å². The molecule has 4 aromatic rings. The van der Waals surface area contributed by atoms with Crippen molar-refractivity contribution in [1.29, 1.82) is 0 Å². The molecule has 0 spiro atoms. The number of amides is 2. The van der Waals surface area contributed by atoms with Crippen molar-refractivity contribution >= 4 is 11.8 Å². The van der Waals surface area contributed by atoms with Gasteiger partial charge in [0.15, 0.2) is 0 Å². The van der Waals surface area contributed by atoms with Crippen molar-refractivity contribution in [1.82, 2.24) is 15.5 Å². The van der Waals surface area contributed by atoms with Gasteiger partial charge in [-0.15, -0.1) is 13.2 Å². The number of hydrogen-bond donors (Lipinski definition) is 3. The Morgan fingerprint density at radius 1 is 0.870 bits per heavy atom. The highest BCUT2D eigenvalue weighted by Gasteiger charge is 2.32. The summed E-state index contributed by atoms with van der Waals surface area (Å²) < 4.78 is 41.8. The van der Waals surface area contributed by atoms with Crippen LogP contribution in [0, 0.1) is 0 Å². The lowest BCUT2D eigenvalue weighted by Crippen LogP contribution is -2.48. The van der Waals surface area contributed by atoms with E-state index in [2.05, 4.69) is 15.4 Å². The van der Waals surface area contributed by atoms with Crippen molar-refractivity contribution in [3.05, 3.63) is 137 Å². The monoisotopic (exact) mass is 631 g/mol. The SMILES string of the molecule is O=C(NC(Cc1ccccc1)C(O)CNCc1cccc(OC(F)(F)F)c1)c1cccc(C(=O)N2CCCC2c2ccccc2)c1. The van der Waals surface area contributed by atoms with Crippen LogP contribution >= 0.6 is 0 Å². The van der Waals surface area contributed by atoms with Gasteiger partial charge in [0, 0.05) is 30.8 Å². The summed E-state index contributed by atoms with van der Waals surface area (Å²) in [7, 11) is 0. The summed E-state index contributed by atoms with van der Waals surface area (Å²) in [6.07, 6.45) is -3.74. The maximum absolute atomic E-state index is 13.6. The Morgan fingerprint density at radius 2 is 1.54 bits per heavy atom. The molecule has 1 fully saturated rings. The van der Waals surface area contributed by atoms with Crippen LogP contribution in [0.1, 0.15) is 56.3 Å². The topological polar surface area (TPSA) is 90.9 Å². The van der Waals surface area contributed by atoms with Gasteiger partial charge in [-0.05, 0) is 66.3 Å². The number of nitrogens with zero attached hydrogens (tertiary/aromatic N) is 1. The fraction of sp³-hybridized carbons (Fsp3) is 0.278. The second kappa shape index (κ2) is 15.1. The Bertz CT molecular complexity index is 1600. The molecule has 1 aliphatic heterocycles. The molecule has 0 aromatic heterocycles. The van der Waals surface area contributed by atoms with Gasteiger partial charge in [0.1, 0.15) is 5.75 Å². The highest BCUT2D eigenvalue weighted by molar-refractivity contribution is 6.00. The Kier molecular flexibility index (Phi) is 10.7. The Morgan fingerprint density at radius 3 is 2.28 bits per heavy atom. The molecule has 0 aliphatic carbocycles. The molecular weight excluding hydrogens is 595 g/mol. The van der Waals surface area contributed by atoms with Crippen molar-refractivity contribution in [2.24, 2.45) is 0 Å². The van der Waals surface area contributed by atoms with Crippen molar-refractivity contribution in [3.8, 4) is 5.75 Å². The quantitative estimate of drug-likeness (QED) is 0.177.